The molecule has 0 spiro atoms. The lowest BCUT2D eigenvalue weighted by molar-refractivity contribution is -0.114. The van der Waals surface area contributed by atoms with Crippen molar-refractivity contribution in [1.29, 1.82) is 0 Å². The molecule has 0 radical (unpaired) electrons. The van der Waals surface area contributed by atoms with Crippen LogP contribution in [0.1, 0.15) is 18.1 Å². The molecule has 0 bridgehead atoms. The largest absolute Gasteiger partial charge is 0.376 e. The van der Waals surface area contributed by atoms with Gasteiger partial charge in [-0.15, -0.1) is 0 Å². The Morgan fingerprint density at radius 2 is 1.86 bits per heavy atom. The van der Waals surface area contributed by atoms with E-state index in [-0.39, 0.29) is 12.5 Å². The van der Waals surface area contributed by atoms with Gasteiger partial charge in [0.15, 0.2) is 0 Å². The lowest BCUT2D eigenvalue weighted by Crippen LogP contribution is -2.22. The lowest BCUT2D eigenvalue weighted by Gasteiger charge is -2.13. The molecule has 2 aromatic carbocycles. The molecule has 1 amide bonds. The number of para-hydroxylation sites is 1. The highest BCUT2D eigenvalue weighted by Crippen LogP contribution is 2.21. The first kappa shape index (κ1) is 15.8. The molecule has 2 rings (SSSR count). The quantitative estimate of drug-likeness (QED) is 0.746. The average Bonchev–Trinajstić information content (AvgIpc) is 2.49. The number of amides is 1. The van der Waals surface area contributed by atoms with Gasteiger partial charge in [-0.1, -0.05) is 25.1 Å². The van der Waals surface area contributed by atoms with Crippen molar-refractivity contribution < 1.29 is 4.79 Å². The highest BCUT2D eigenvalue weighted by Gasteiger charge is 2.08. The van der Waals surface area contributed by atoms with E-state index < -0.39 is 0 Å². The van der Waals surface area contributed by atoms with Crippen molar-refractivity contribution in [3.63, 3.8) is 0 Å². The molecule has 0 aliphatic carbocycles. The van der Waals surface area contributed by atoms with Gasteiger partial charge >= 0.3 is 0 Å². The van der Waals surface area contributed by atoms with Crippen LogP contribution < -0.4 is 10.6 Å². The predicted molar refractivity (Wildman–Crippen MR) is 96.8 cm³/mol. The number of benzene rings is 2. The Morgan fingerprint density at radius 3 is 2.52 bits per heavy atom. The maximum Gasteiger partial charge on any atom is 0.243 e. The summed E-state index contributed by atoms with van der Waals surface area (Å²) in [5.74, 6) is -0.0300. The van der Waals surface area contributed by atoms with Crippen LogP contribution in [0.25, 0.3) is 0 Å². The molecule has 21 heavy (non-hydrogen) atoms. The first-order valence-corrected chi connectivity index (χ1v) is 8.06. The third-order valence-corrected chi connectivity index (χ3v) is 4.02. The second kappa shape index (κ2) is 7.45. The minimum absolute atomic E-state index is 0.0300. The Hall–Kier alpha value is -1.56. The van der Waals surface area contributed by atoms with Gasteiger partial charge in [0.25, 0.3) is 0 Å². The molecule has 0 saturated heterocycles. The van der Waals surface area contributed by atoms with Gasteiger partial charge < -0.3 is 10.6 Å². The summed E-state index contributed by atoms with van der Waals surface area (Å²) in [6.07, 6.45) is 0.905. The monoisotopic (exact) mass is 394 g/mol. The van der Waals surface area contributed by atoms with Gasteiger partial charge in [-0.25, -0.2) is 0 Å². The summed E-state index contributed by atoms with van der Waals surface area (Å²) in [6.45, 7) is 4.37. The van der Waals surface area contributed by atoms with E-state index in [0.717, 1.165) is 28.9 Å². The zero-order chi connectivity index (χ0) is 15.2. The Bertz CT molecular complexity index is 623. The summed E-state index contributed by atoms with van der Waals surface area (Å²) in [5, 5.41) is 6.14. The van der Waals surface area contributed by atoms with Crippen LogP contribution in [-0.4, -0.2) is 12.5 Å². The van der Waals surface area contributed by atoms with Gasteiger partial charge in [-0.2, -0.15) is 0 Å². The fourth-order valence-corrected chi connectivity index (χ4v) is 2.50. The highest BCUT2D eigenvalue weighted by molar-refractivity contribution is 14.1. The number of aryl methyl sites for hydroxylation is 2. The van der Waals surface area contributed by atoms with E-state index in [1.165, 1.54) is 3.57 Å². The van der Waals surface area contributed by atoms with Crippen LogP contribution in [0, 0.1) is 10.5 Å². The topological polar surface area (TPSA) is 41.1 Å². The molecule has 0 aliphatic rings. The summed E-state index contributed by atoms with van der Waals surface area (Å²) >= 11 is 2.26. The normalized spacial score (nSPS) is 10.2. The van der Waals surface area contributed by atoms with E-state index in [9.17, 15) is 4.79 Å². The minimum Gasteiger partial charge on any atom is -0.376 e. The van der Waals surface area contributed by atoms with Gasteiger partial charge in [-0.3, -0.25) is 4.79 Å². The third kappa shape index (κ3) is 4.46. The third-order valence-electron chi connectivity index (χ3n) is 3.30. The smallest absolute Gasteiger partial charge is 0.243 e. The Morgan fingerprint density at radius 1 is 1.14 bits per heavy atom. The van der Waals surface area contributed by atoms with Crippen molar-refractivity contribution in [2.75, 3.05) is 17.2 Å². The van der Waals surface area contributed by atoms with E-state index in [0.29, 0.717) is 0 Å². The van der Waals surface area contributed by atoms with Crippen molar-refractivity contribution in [3.8, 4) is 0 Å². The van der Waals surface area contributed by atoms with Crippen LogP contribution in [-0.2, 0) is 11.2 Å². The van der Waals surface area contributed by atoms with Gasteiger partial charge in [0, 0.05) is 14.9 Å². The van der Waals surface area contributed by atoms with Crippen LogP contribution in [0.5, 0.6) is 0 Å². The average molecular weight is 394 g/mol. The molecule has 0 unspecified atom stereocenters. The molecule has 0 heterocycles. The zero-order valence-corrected chi connectivity index (χ0v) is 14.4. The number of carbonyl (C=O) groups excluding carboxylic acids is 1. The van der Waals surface area contributed by atoms with Gasteiger partial charge in [0.2, 0.25) is 5.91 Å². The number of nitrogens with one attached hydrogen (secondary N) is 2. The zero-order valence-electron chi connectivity index (χ0n) is 12.2. The summed E-state index contributed by atoms with van der Waals surface area (Å²) in [7, 11) is 0. The molecule has 0 aromatic heterocycles. The molecule has 3 nitrogen and oxygen atoms in total. The fourth-order valence-electron chi connectivity index (χ4n) is 2.14. The number of anilines is 2. The maximum atomic E-state index is 12.1. The van der Waals surface area contributed by atoms with Crippen molar-refractivity contribution in [2.24, 2.45) is 0 Å². The van der Waals surface area contributed by atoms with Crippen molar-refractivity contribution >= 4 is 39.9 Å². The van der Waals surface area contributed by atoms with Crippen LogP contribution in [0.3, 0.4) is 0 Å². The number of hydrogen-bond acceptors (Lipinski definition) is 2. The fraction of sp³-hybridized carbons (Fsp3) is 0.235. The molecule has 2 N–H and O–H groups in total. The second-order valence-electron chi connectivity index (χ2n) is 4.87. The summed E-state index contributed by atoms with van der Waals surface area (Å²) < 4.78 is 1.18. The molecule has 0 atom stereocenters. The second-order valence-corrected chi connectivity index (χ2v) is 6.12. The molecule has 0 fully saturated rings. The molecule has 2 aromatic rings. The predicted octanol–water partition coefficient (Wildman–Crippen LogP) is 4.21. The van der Waals surface area contributed by atoms with E-state index in [4.69, 9.17) is 0 Å². The van der Waals surface area contributed by atoms with Gasteiger partial charge in [0.05, 0.1) is 6.54 Å². The van der Waals surface area contributed by atoms with Crippen molar-refractivity contribution in [1.82, 2.24) is 0 Å². The molecule has 110 valence electrons. The Balaban J connectivity index is 1.97. The van der Waals surface area contributed by atoms with Crippen LogP contribution in [0.4, 0.5) is 11.4 Å². The maximum absolute atomic E-state index is 12.1. The molecular formula is C17H19IN2O. The molecule has 4 heteroatoms. The SMILES string of the molecule is CCc1cccc(C)c1NC(=O)CNc1ccc(I)cc1. The van der Waals surface area contributed by atoms with Crippen molar-refractivity contribution in [3.05, 3.63) is 57.2 Å². The van der Waals surface area contributed by atoms with Crippen LogP contribution in [0.2, 0.25) is 0 Å². The number of hydrogen-bond donors (Lipinski definition) is 2. The minimum atomic E-state index is -0.0300. The highest BCUT2D eigenvalue weighted by atomic mass is 127. The summed E-state index contributed by atoms with van der Waals surface area (Å²) in [6, 6.07) is 14.1. The van der Waals surface area contributed by atoms with Gasteiger partial charge in [-0.05, 0) is 71.3 Å². The standard InChI is InChI=1S/C17H19IN2O/c1-3-13-6-4-5-12(2)17(13)20-16(21)11-19-15-9-7-14(18)8-10-15/h4-10,19H,3,11H2,1-2H3,(H,20,21). The van der Waals surface area contributed by atoms with E-state index in [1.807, 2.05) is 43.3 Å². The number of halogens is 1. The first-order chi connectivity index (χ1) is 10.1. The lowest BCUT2D eigenvalue weighted by atomic mass is 10.1. The van der Waals surface area contributed by atoms with Crippen molar-refractivity contribution in [2.45, 2.75) is 20.3 Å². The Kier molecular flexibility index (Phi) is 5.61. The first-order valence-electron chi connectivity index (χ1n) is 6.98. The molecule has 0 aliphatic heterocycles. The van der Waals surface area contributed by atoms with E-state index in [2.05, 4.69) is 46.2 Å². The van der Waals surface area contributed by atoms with E-state index in [1.54, 1.807) is 0 Å². The molecular weight excluding hydrogens is 375 g/mol. The number of carbonyl (C=O) groups is 1. The number of rotatable bonds is 5. The summed E-state index contributed by atoms with van der Waals surface area (Å²) in [4.78, 5) is 12.1. The Labute approximate surface area is 139 Å². The molecule has 0 saturated carbocycles. The van der Waals surface area contributed by atoms with Crippen LogP contribution in [0.15, 0.2) is 42.5 Å². The van der Waals surface area contributed by atoms with E-state index >= 15 is 0 Å². The van der Waals surface area contributed by atoms with Gasteiger partial charge in [0.1, 0.15) is 0 Å². The summed E-state index contributed by atoms with van der Waals surface area (Å²) in [5.41, 5.74) is 4.15. The van der Waals surface area contributed by atoms with Crippen LogP contribution >= 0.6 is 22.6 Å².